The van der Waals surface area contributed by atoms with Crippen molar-refractivity contribution < 1.29 is 9.90 Å². The Morgan fingerprint density at radius 2 is 2.14 bits per heavy atom. The van der Waals surface area contributed by atoms with Crippen LogP contribution in [0.5, 0.6) is 0 Å². The van der Waals surface area contributed by atoms with Crippen LogP contribution >= 0.6 is 0 Å². The summed E-state index contributed by atoms with van der Waals surface area (Å²) in [6, 6.07) is 1.23. The maximum absolute atomic E-state index is 12.4. The fourth-order valence-electron chi connectivity index (χ4n) is 2.79. The highest BCUT2D eigenvalue weighted by Crippen LogP contribution is 2.27. The van der Waals surface area contributed by atoms with Crippen LogP contribution in [0.15, 0.2) is 17.1 Å². The van der Waals surface area contributed by atoms with E-state index in [0.717, 1.165) is 18.4 Å². The number of amides is 2. The van der Waals surface area contributed by atoms with Crippen LogP contribution < -0.4 is 10.9 Å². The number of pyridine rings is 1. The number of hydrogen-bond acceptors (Lipinski definition) is 3. The molecule has 116 valence electrons. The smallest absolute Gasteiger partial charge is 0.322 e. The monoisotopic (exact) mass is 293 g/mol. The molecule has 0 aliphatic carbocycles. The number of carbonyl (C=O) groups is 1. The Balaban J connectivity index is 2.23. The van der Waals surface area contributed by atoms with Gasteiger partial charge >= 0.3 is 6.03 Å². The van der Waals surface area contributed by atoms with Gasteiger partial charge in [0.05, 0.1) is 11.6 Å². The molecule has 0 spiro atoms. The third kappa shape index (κ3) is 3.10. The number of likely N-dealkylation sites (tertiary alicyclic amines) is 1. The summed E-state index contributed by atoms with van der Waals surface area (Å²) in [6.07, 6.45) is 3.29. The van der Waals surface area contributed by atoms with Crippen LogP contribution in [0.1, 0.15) is 32.3 Å². The number of nitrogens with one attached hydrogen (secondary N) is 1. The van der Waals surface area contributed by atoms with Crippen molar-refractivity contribution in [2.45, 2.75) is 45.3 Å². The van der Waals surface area contributed by atoms with Crippen molar-refractivity contribution in [3.05, 3.63) is 28.2 Å². The molecule has 2 heterocycles. The number of carbonyl (C=O) groups excluding carboxylic acids is 1. The highest BCUT2D eigenvalue weighted by molar-refractivity contribution is 5.90. The summed E-state index contributed by atoms with van der Waals surface area (Å²) in [6.45, 7) is 5.78. The largest absolute Gasteiger partial charge is 0.388 e. The first-order valence-corrected chi connectivity index (χ1v) is 7.18. The number of urea groups is 1. The first kappa shape index (κ1) is 15.6. The minimum absolute atomic E-state index is 0.231. The van der Waals surface area contributed by atoms with Crippen LogP contribution in [0, 0.1) is 6.92 Å². The van der Waals surface area contributed by atoms with Gasteiger partial charge in [0.2, 0.25) is 0 Å². The number of aryl methyl sites for hydroxylation is 2. The minimum atomic E-state index is -0.954. The van der Waals surface area contributed by atoms with Gasteiger partial charge in [0.25, 0.3) is 5.56 Å². The van der Waals surface area contributed by atoms with E-state index < -0.39 is 5.60 Å². The lowest BCUT2D eigenvalue weighted by molar-refractivity contribution is 0.0117. The lowest BCUT2D eigenvalue weighted by atomic mass is 9.97. The van der Waals surface area contributed by atoms with E-state index in [1.54, 1.807) is 45.0 Å². The molecule has 2 N–H and O–H groups in total. The lowest BCUT2D eigenvalue weighted by Crippen LogP contribution is -2.50. The van der Waals surface area contributed by atoms with Gasteiger partial charge in [-0.1, -0.05) is 0 Å². The molecule has 6 heteroatoms. The zero-order chi connectivity index (χ0) is 15.8. The molecule has 6 nitrogen and oxygen atoms in total. The van der Waals surface area contributed by atoms with E-state index in [0.29, 0.717) is 12.2 Å². The SMILES string of the molecule is Cc1ccn(C)c(=O)c1NC(=O)N1CCC[C@@H]1C(C)(C)O. The molecule has 1 aliphatic heterocycles. The molecule has 21 heavy (non-hydrogen) atoms. The number of nitrogens with zero attached hydrogens (tertiary/aromatic N) is 2. The first-order chi connectivity index (χ1) is 9.71. The summed E-state index contributed by atoms with van der Waals surface area (Å²) in [5.74, 6) is 0. The first-order valence-electron chi connectivity index (χ1n) is 7.18. The van der Waals surface area contributed by atoms with Crippen LogP contribution in [-0.2, 0) is 7.05 Å². The number of anilines is 1. The summed E-state index contributed by atoms with van der Waals surface area (Å²) >= 11 is 0. The zero-order valence-electron chi connectivity index (χ0n) is 13.0. The second-order valence-corrected chi connectivity index (χ2v) is 6.23. The van der Waals surface area contributed by atoms with Crippen molar-refractivity contribution in [2.24, 2.45) is 7.05 Å². The van der Waals surface area contributed by atoms with E-state index in [1.165, 1.54) is 4.57 Å². The molecule has 1 aromatic rings. The van der Waals surface area contributed by atoms with Crippen LogP contribution in [0.4, 0.5) is 10.5 Å². The van der Waals surface area contributed by atoms with E-state index in [-0.39, 0.29) is 17.6 Å². The van der Waals surface area contributed by atoms with E-state index >= 15 is 0 Å². The van der Waals surface area contributed by atoms with Crippen molar-refractivity contribution in [1.29, 1.82) is 0 Å². The van der Waals surface area contributed by atoms with Crippen LogP contribution in [0.25, 0.3) is 0 Å². The highest BCUT2D eigenvalue weighted by Gasteiger charge is 2.38. The Morgan fingerprint density at radius 1 is 1.48 bits per heavy atom. The summed E-state index contributed by atoms with van der Waals surface area (Å²) < 4.78 is 1.43. The third-order valence-corrected chi connectivity index (χ3v) is 4.04. The summed E-state index contributed by atoms with van der Waals surface area (Å²) in [7, 11) is 1.65. The van der Waals surface area contributed by atoms with Gasteiger partial charge < -0.3 is 19.9 Å². The molecule has 0 unspecified atom stereocenters. The Bertz CT molecular complexity index is 601. The molecule has 1 fully saturated rings. The van der Waals surface area contributed by atoms with Crippen LogP contribution in [0.3, 0.4) is 0 Å². The molecule has 2 rings (SSSR count). The van der Waals surface area contributed by atoms with Crippen molar-refractivity contribution in [1.82, 2.24) is 9.47 Å². The van der Waals surface area contributed by atoms with E-state index in [9.17, 15) is 14.7 Å². The molecule has 0 radical (unpaired) electrons. The van der Waals surface area contributed by atoms with Gasteiger partial charge in [0.15, 0.2) is 0 Å². The fourth-order valence-corrected chi connectivity index (χ4v) is 2.79. The Hall–Kier alpha value is -1.82. The topological polar surface area (TPSA) is 74.6 Å². The molecule has 0 saturated carbocycles. The van der Waals surface area contributed by atoms with Crippen molar-refractivity contribution in [3.63, 3.8) is 0 Å². The van der Waals surface area contributed by atoms with Gasteiger partial charge in [-0.05, 0) is 45.2 Å². The standard InChI is InChI=1S/C15H23N3O3/c1-10-7-9-17(4)13(19)12(10)16-14(20)18-8-5-6-11(18)15(2,3)21/h7,9,11,21H,5-6,8H2,1-4H3,(H,16,20)/t11-/m1/s1. The molecule has 2 amide bonds. The lowest BCUT2D eigenvalue weighted by Gasteiger charge is -2.33. The maximum atomic E-state index is 12.4. The molecule has 1 aliphatic rings. The second kappa shape index (κ2) is 5.52. The molecule has 1 aromatic heterocycles. The number of aliphatic hydroxyl groups is 1. The van der Waals surface area contributed by atoms with Crippen molar-refractivity contribution >= 4 is 11.7 Å². The van der Waals surface area contributed by atoms with Crippen molar-refractivity contribution in [3.8, 4) is 0 Å². The Morgan fingerprint density at radius 3 is 2.76 bits per heavy atom. The summed E-state index contributed by atoms with van der Waals surface area (Å²) in [5, 5.41) is 12.9. The average Bonchev–Trinajstić information content (AvgIpc) is 2.88. The predicted molar refractivity (Wildman–Crippen MR) is 81.5 cm³/mol. The Kier molecular flexibility index (Phi) is 4.09. The summed E-state index contributed by atoms with van der Waals surface area (Å²) in [5.41, 5.74) is -0.163. The van der Waals surface area contributed by atoms with Gasteiger partial charge in [0, 0.05) is 19.8 Å². The van der Waals surface area contributed by atoms with Gasteiger partial charge in [-0.15, -0.1) is 0 Å². The quantitative estimate of drug-likeness (QED) is 0.867. The molecule has 0 bridgehead atoms. The number of aromatic nitrogens is 1. The second-order valence-electron chi connectivity index (χ2n) is 6.23. The predicted octanol–water partition coefficient (Wildman–Crippen LogP) is 1.46. The maximum Gasteiger partial charge on any atom is 0.322 e. The zero-order valence-corrected chi connectivity index (χ0v) is 13.0. The van der Waals surface area contributed by atoms with Gasteiger partial charge in [0.1, 0.15) is 5.69 Å². The van der Waals surface area contributed by atoms with Crippen LogP contribution in [-0.4, -0.2) is 38.8 Å². The molecule has 1 saturated heterocycles. The minimum Gasteiger partial charge on any atom is -0.388 e. The van der Waals surface area contributed by atoms with Gasteiger partial charge in [-0.25, -0.2) is 4.79 Å². The van der Waals surface area contributed by atoms with E-state index in [4.69, 9.17) is 0 Å². The third-order valence-electron chi connectivity index (χ3n) is 4.04. The molecule has 0 aromatic carbocycles. The fraction of sp³-hybridized carbons (Fsp3) is 0.600. The number of rotatable bonds is 2. The van der Waals surface area contributed by atoms with Gasteiger partial charge in [-0.3, -0.25) is 4.79 Å². The van der Waals surface area contributed by atoms with E-state index in [1.807, 2.05) is 0 Å². The number of hydrogen-bond donors (Lipinski definition) is 2. The van der Waals surface area contributed by atoms with Gasteiger partial charge in [-0.2, -0.15) is 0 Å². The normalized spacial score (nSPS) is 18.9. The Labute approximate surface area is 124 Å². The van der Waals surface area contributed by atoms with E-state index in [2.05, 4.69) is 5.32 Å². The van der Waals surface area contributed by atoms with Crippen molar-refractivity contribution in [2.75, 3.05) is 11.9 Å². The van der Waals surface area contributed by atoms with Crippen LogP contribution in [0.2, 0.25) is 0 Å². The summed E-state index contributed by atoms with van der Waals surface area (Å²) in [4.78, 5) is 26.2. The molecular formula is C15H23N3O3. The molecular weight excluding hydrogens is 270 g/mol. The highest BCUT2D eigenvalue weighted by atomic mass is 16.3. The molecule has 1 atom stereocenters. The average molecular weight is 293 g/mol.